The molecule has 2 aromatic heterocycles. The average Bonchev–Trinajstić information content (AvgIpc) is 3.19. The monoisotopic (exact) mass is 380 g/mol. The molecular formula is C21H21FN4O2. The molecule has 0 aliphatic carbocycles. The summed E-state index contributed by atoms with van der Waals surface area (Å²) >= 11 is 0. The first-order valence-corrected chi connectivity index (χ1v) is 9.28. The van der Waals surface area contributed by atoms with Gasteiger partial charge in [0.25, 0.3) is 5.91 Å². The van der Waals surface area contributed by atoms with Crippen molar-refractivity contribution in [3.63, 3.8) is 0 Å². The minimum Gasteiger partial charge on any atom is -0.445 e. The van der Waals surface area contributed by atoms with Gasteiger partial charge in [-0.15, -0.1) is 0 Å². The number of carbonyl (C=O) groups is 1. The van der Waals surface area contributed by atoms with Crippen LogP contribution in [0.25, 0.3) is 0 Å². The van der Waals surface area contributed by atoms with E-state index in [1.54, 1.807) is 29.3 Å². The maximum Gasteiger partial charge on any atom is 0.257 e. The summed E-state index contributed by atoms with van der Waals surface area (Å²) in [6.45, 7) is 3.22. The van der Waals surface area contributed by atoms with Crippen molar-refractivity contribution in [1.29, 1.82) is 0 Å². The number of rotatable bonds is 4. The topological polar surface area (TPSA) is 72.1 Å². The normalized spacial score (nSPS) is 19.6. The summed E-state index contributed by atoms with van der Waals surface area (Å²) in [6.07, 6.45) is 8.17. The second-order valence-corrected chi connectivity index (χ2v) is 7.42. The van der Waals surface area contributed by atoms with Gasteiger partial charge in [-0.3, -0.25) is 4.79 Å². The summed E-state index contributed by atoms with van der Waals surface area (Å²) in [5.41, 5.74) is 0.649. The number of benzene rings is 1. The van der Waals surface area contributed by atoms with Crippen LogP contribution >= 0.6 is 0 Å². The van der Waals surface area contributed by atoms with Crippen LogP contribution in [-0.2, 0) is 11.8 Å². The van der Waals surface area contributed by atoms with Crippen molar-refractivity contribution < 1.29 is 13.6 Å². The van der Waals surface area contributed by atoms with E-state index in [9.17, 15) is 9.18 Å². The number of amides is 1. The molecule has 144 valence electrons. The van der Waals surface area contributed by atoms with E-state index in [-0.39, 0.29) is 11.7 Å². The fourth-order valence-corrected chi connectivity index (χ4v) is 3.68. The number of piperidine rings is 1. The van der Waals surface area contributed by atoms with Gasteiger partial charge < -0.3 is 9.32 Å². The molecule has 1 saturated heterocycles. The van der Waals surface area contributed by atoms with Crippen molar-refractivity contribution in [3.05, 3.63) is 77.8 Å². The summed E-state index contributed by atoms with van der Waals surface area (Å²) in [7, 11) is 0. The van der Waals surface area contributed by atoms with Crippen LogP contribution in [0.3, 0.4) is 0 Å². The van der Waals surface area contributed by atoms with Crippen LogP contribution in [-0.4, -0.2) is 38.8 Å². The van der Waals surface area contributed by atoms with Gasteiger partial charge in [-0.2, -0.15) is 0 Å². The van der Waals surface area contributed by atoms with Gasteiger partial charge in [0, 0.05) is 31.9 Å². The summed E-state index contributed by atoms with van der Waals surface area (Å²) in [4.78, 5) is 26.9. The lowest BCUT2D eigenvalue weighted by atomic mass is 9.81. The van der Waals surface area contributed by atoms with E-state index in [1.165, 1.54) is 24.8 Å². The molecule has 1 aliphatic rings. The molecule has 0 spiro atoms. The second-order valence-electron chi connectivity index (χ2n) is 7.42. The molecule has 28 heavy (non-hydrogen) atoms. The van der Waals surface area contributed by atoms with Gasteiger partial charge in [0.15, 0.2) is 0 Å². The Kier molecular flexibility index (Phi) is 4.90. The minimum atomic E-state index is -0.392. The Balaban J connectivity index is 1.51. The highest BCUT2D eigenvalue weighted by atomic mass is 19.1. The van der Waals surface area contributed by atoms with Crippen molar-refractivity contribution >= 4 is 5.91 Å². The lowest BCUT2D eigenvalue weighted by molar-refractivity contribution is 0.0625. The average molecular weight is 380 g/mol. The predicted molar refractivity (Wildman–Crippen MR) is 100 cm³/mol. The zero-order valence-electron chi connectivity index (χ0n) is 15.6. The van der Waals surface area contributed by atoms with Crippen molar-refractivity contribution in [1.82, 2.24) is 19.9 Å². The molecule has 4 rings (SSSR count). The largest absolute Gasteiger partial charge is 0.445 e. The number of halogens is 1. The number of nitrogens with zero attached hydrogens (tertiary/aromatic N) is 4. The zero-order chi connectivity index (χ0) is 19.6. The predicted octanol–water partition coefficient (Wildman–Crippen LogP) is 3.39. The van der Waals surface area contributed by atoms with E-state index in [4.69, 9.17) is 4.42 Å². The lowest BCUT2D eigenvalue weighted by Gasteiger charge is -2.38. The van der Waals surface area contributed by atoms with Crippen LogP contribution in [0.5, 0.6) is 0 Å². The number of likely N-dealkylation sites (tertiary alicyclic amines) is 1. The standard InChI is InChI=1S/C21H21FN4O2/c1-21(7-4-8-26(13-21)19(27)16-10-23-14-24-11-16)20-25-12-17(28-20)9-15-5-2-3-6-18(15)22/h2-3,5-6,10-12,14H,4,7-9,13H2,1H3/t21-/m1/s1. The van der Waals surface area contributed by atoms with Crippen LogP contribution in [0.15, 0.2) is 53.6 Å². The molecule has 7 heteroatoms. The van der Waals surface area contributed by atoms with E-state index in [1.807, 2.05) is 6.92 Å². The molecule has 1 atom stereocenters. The van der Waals surface area contributed by atoms with Crippen molar-refractivity contribution in [3.8, 4) is 0 Å². The Morgan fingerprint density at radius 1 is 1.25 bits per heavy atom. The van der Waals surface area contributed by atoms with Crippen molar-refractivity contribution in [2.24, 2.45) is 0 Å². The maximum absolute atomic E-state index is 13.9. The van der Waals surface area contributed by atoms with Crippen LogP contribution in [0, 0.1) is 5.82 Å². The first kappa shape index (κ1) is 18.3. The molecule has 1 aliphatic heterocycles. The SMILES string of the molecule is C[C@@]1(c2ncc(Cc3ccccc3F)o2)CCCN(C(=O)c2cncnc2)C1. The molecular weight excluding hydrogens is 359 g/mol. The van der Waals surface area contributed by atoms with Crippen molar-refractivity contribution in [2.45, 2.75) is 31.6 Å². The lowest BCUT2D eigenvalue weighted by Crippen LogP contribution is -2.47. The smallest absolute Gasteiger partial charge is 0.257 e. The molecule has 0 saturated carbocycles. The highest BCUT2D eigenvalue weighted by Gasteiger charge is 2.38. The number of carbonyl (C=O) groups excluding carboxylic acids is 1. The van der Waals surface area contributed by atoms with Gasteiger partial charge in [-0.25, -0.2) is 19.3 Å². The van der Waals surface area contributed by atoms with Gasteiger partial charge in [-0.05, 0) is 31.4 Å². The molecule has 0 N–H and O–H groups in total. The zero-order valence-corrected chi connectivity index (χ0v) is 15.6. The Labute approximate surface area is 162 Å². The van der Waals surface area contributed by atoms with Gasteiger partial charge in [0.2, 0.25) is 5.89 Å². The van der Waals surface area contributed by atoms with Gasteiger partial charge in [-0.1, -0.05) is 18.2 Å². The third-order valence-electron chi connectivity index (χ3n) is 5.18. The summed E-state index contributed by atoms with van der Waals surface area (Å²) in [5, 5.41) is 0. The third kappa shape index (κ3) is 3.65. The van der Waals surface area contributed by atoms with Crippen LogP contribution in [0.2, 0.25) is 0 Å². The first-order valence-electron chi connectivity index (χ1n) is 9.28. The number of hydrogen-bond donors (Lipinski definition) is 0. The summed E-state index contributed by atoms with van der Waals surface area (Å²) in [6, 6.07) is 6.64. The van der Waals surface area contributed by atoms with Crippen molar-refractivity contribution in [2.75, 3.05) is 13.1 Å². The number of hydrogen-bond acceptors (Lipinski definition) is 5. The number of aromatic nitrogens is 3. The summed E-state index contributed by atoms with van der Waals surface area (Å²) < 4.78 is 19.9. The second kappa shape index (κ2) is 7.50. The minimum absolute atomic E-state index is 0.0929. The van der Waals surface area contributed by atoms with E-state index in [0.29, 0.717) is 42.3 Å². The molecule has 1 aromatic carbocycles. The van der Waals surface area contributed by atoms with Crippen LogP contribution in [0.4, 0.5) is 4.39 Å². The van der Waals surface area contributed by atoms with E-state index in [0.717, 1.165) is 12.8 Å². The molecule has 1 fully saturated rings. The van der Waals surface area contributed by atoms with Crippen LogP contribution in [0.1, 0.15) is 47.3 Å². The van der Waals surface area contributed by atoms with E-state index >= 15 is 0 Å². The first-order chi connectivity index (χ1) is 13.5. The third-order valence-corrected chi connectivity index (χ3v) is 5.18. The molecule has 1 amide bonds. The quantitative estimate of drug-likeness (QED) is 0.694. The Morgan fingerprint density at radius 3 is 2.82 bits per heavy atom. The highest BCUT2D eigenvalue weighted by Crippen LogP contribution is 2.34. The molecule has 6 nitrogen and oxygen atoms in total. The fourth-order valence-electron chi connectivity index (χ4n) is 3.68. The molecule has 0 unspecified atom stereocenters. The van der Waals surface area contributed by atoms with E-state index in [2.05, 4.69) is 15.0 Å². The Bertz CT molecular complexity index is 975. The van der Waals surface area contributed by atoms with Gasteiger partial charge >= 0.3 is 0 Å². The molecule has 3 aromatic rings. The van der Waals surface area contributed by atoms with E-state index < -0.39 is 5.41 Å². The Morgan fingerprint density at radius 2 is 2.04 bits per heavy atom. The van der Waals surface area contributed by atoms with Gasteiger partial charge in [0.1, 0.15) is 17.9 Å². The molecule has 0 bridgehead atoms. The fraction of sp³-hybridized carbons (Fsp3) is 0.333. The summed E-state index contributed by atoms with van der Waals surface area (Å²) in [5.74, 6) is 0.845. The number of oxazole rings is 1. The van der Waals surface area contributed by atoms with Gasteiger partial charge in [0.05, 0.1) is 17.2 Å². The molecule has 0 radical (unpaired) electrons. The maximum atomic E-state index is 13.9. The Hall–Kier alpha value is -3.09. The van der Waals surface area contributed by atoms with Crippen LogP contribution < -0.4 is 0 Å². The highest BCUT2D eigenvalue weighted by molar-refractivity contribution is 5.93. The molecule has 3 heterocycles.